The molecule has 0 aliphatic heterocycles. The van der Waals surface area contributed by atoms with Crippen LogP contribution in [0.15, 0.2) is 6.07 Å². The Morgan fingerprint density at radius 1 is 1.24 bits per heavy atom. The van der Waals surface area contributed by atoms with Crippen LogP contribution in [-0.4, -0.2) is 23.6 Å². The van der Waals surface area contributed by atoms with E-state index in [1.54, 1.807) is 7.11 Å². The van der Waals surface area contributed by atoms with Crippen molar-refractivity contribution < 1.29 is 4.74 Å². The van der Waals surface area contributed by atoms with Crippen molar-refractivity contribution >= 4 is 5.82 Å². The van der Waals surface area contributed by atoms with Gasteiger partial charge in [0.1, 0.15) is 11.9 Å². The molecule has 4 nitrogen and oxygen atoms in total. The van der Waals surface area contributed by atoms with Crippen molar-refractivity contribution in [2.75, 3.05) is 19.0 Å². The molecule has 0 bridgehead atoms. The quantitative estimate of drug-likeness (QED) is 0.769. The third-order valence-corrected chi connectivity index (χ3v) is 4.22. The number of methoxy groups -OCH3 is 1. The summed E-state index contributed by atoms with van der Waals surface area (Å²) in [5.74, 6) is 2.41. The zero-order chi connectivity index (χ0) is 15.1. The first kappa shape index (κ1) is 16.2. The van der Waals surface area contributed by atoms with Gasteiger partial charge >= 0.3 is 0 Å². The highest BCUT2D eigenvalue weighted by Crippen LogP contribution is 2.34. The van der Waals surface area contributed by atoms with E-state index in [4.69, 9.17) is 9.72 Å². The van der Waals surface area contributed by atoms with Gasteiger partial charge < -0.3 is 10.1 Å². The number of hydrogen-bond donors (Lipinski definition) is 1. The molecular weight excluding hydrogens is 262 g/mol. The molecule has 1 N–H and O–H groups in total. The van der Waals surface area contributed by atoms with Crippen molar-refractivity contribution in [3.63, 3.8) is 0 Å². The summed E-state index contributed by atoms with van der Waals surface area (Å²) in [4.78, 5) is 9.52. The molecule has 0 saturated heterocycles. The minimum Gasteiger partial charge on any atom is -0.373 e. The predicted molar refractivity (Wildman–Crippen MR) is 86.7 cm³/mol. The van der Waals surface area contributed by atoms with E-state index in [-0.39, 0.29) is 6.10 Å². The average molecular weight is 291 g/mol. The van der Waals surface area contributed by atoms with Crippen LogP contribution in [0.3, 0.4) is 0 Å². The Morgan fingerprint density at radius 3 is 2.62 bits per heavy atom. The van der Waals surface area contributed by atoms with E-state index < -0.39 is 0 Å². The smallest absolute Gasteiger partial charge is 0.159 e. The summed E-state index contributed by atoms with van der Waals surface area (Å²) in [7, 11) is 1.76. The lowest BCUT2D eigenvalue weighted by Gasteiger charge is -2.18. The fourth-order valence-corrected chi connectivity index (χ4v) is 3.02. The SMILES string of the molecule is CCCNc1cc(C2CCCC2)nc(C(CCC)OC)n1. The van der Waals surface area contributed by atoms with E-state index in [2.05, 4.69) is 30.2 Å². The van der Waals surface area contributed by atoms with Crippen LogP contribution in [-0.2, 0) is 4.74 Å². The van der Waals surface area contributed by atoms with E-state index >= 15 is 0 Å². The van der Waals surface area contributed by atoms with Crippen molar-refractivity contribution in [1.82, 2.24) is 9.97 Å². The second kappa shape index (κ2) is 8.32. The van der Waals surface area contributed by atoms with Gasteiger partial charge in [-0.1, -0.05) is 33.1 Å². The van der Waals surface area contributed by atoms with Gasteiger partial charge in [0.25, 0.3) is 0 Å². The summed E-state index contributed by atoms with van der Waals surface area (Å²) in [5.41, 5.74) is 1.20. The molecule has 21 heavy (non-hydrogen) atoms. The number of nitrogens with zero attached hydrogens (tertiary/aromatic N) is 2. The first-order valence-electron chi connectivity index (χ1n) is 8.44. The van der Waals surface area contributed by atoms with Crippen molar-refractivity contribution in [1.29, 1.82) is 0 Å². The molecular formula is C17H29N3O. The molecule has 0 spiro atoms. The largest absolute Gasteiger partial charge is 0.373 e. The van der Waals surface area contributed by atoms with Crippen molar-refractivity contribution in [2.24, 2.45) is 0 Å². The van der Waals surface area contributed by atoms with Crippen LogP contribution < -0.4 is 5.32 Å². The number of rotatable bonds is 8. The fourth-order valence-electron chi connectivity index (χ4n) is 3.02. The Kier molecular flexibility index (Phi) is 6.43. The number of anilines is 1. The molecule has 1 aromatic rings. The molecule has 1 aromatic heterocycles. The lowest BCUT2D eigenvalue weighted by atomic mass is 10.0. The van der Waals surface area contributed by atoms with Crippen LogP contribution in [0.25, 0.3) is 0 Å². The first-order chi connectivity index (χ1) is 10.3. The normalized spacial score (nSPS) is 17.1. The predicted octanol–water partition coefficient (Wildman–Crippen LogP) is 4.44. The Labute approximate surface area is 128 Å². The number of nitrogens with one attached hydrogen (secondary N) is 1. The molecule has 0 amide bonds. The number of aromatic nitrogens is 2. The number of ether oxygens (including phenoxy) is 1. The lowest BCUT2D eigenvalue weighted by molar-refractivity contribution is 0.0874. The summed E-state index contributed by atoms with van der Waals surface area (Å²) in [6, 6.07) is 2.15. The van der Waals surface area contributed by atoms with Crippen molar-refractivity contribution in [3.8, 4) is 0 Å². The Morgan fingerprint density at radius 2 is 2.00 bits per heavy atom. The molecule has 1 heterocycles. The van der Waals surface area contributed by atoms with E-state index in [0.29, 0.717) is 5.92 Å². The van der Waals surface area contributed by atoms with Gasteiger partial charge in [-0.05, 0) is 25.7 Å². The summed E-state index contributed by atoms with van der Waals surface area (Å²) >= 11 is 0. The maximum absolute atomic E-state index is 5.60. The first-order valence-corrected chi connectivity index (χ1v) is 8.44. The maximum Gasteiger partial charge on any atom is 0.159 e. The Bertz CT molecular complexity index is 430. The minimum atomic E-state index is 0.0125. The zero-order valence-corrected chi connectivity index (χ0v) is 13.7. The second-order valence-electron chi connectivity index (χ2n) is 5.96. The van der Waals surface area contributed by atoms with Crippen LogP contribution in [0.2, 0.25) is 0 Å². The van der Waals surface area contributed by atoms with Gasteiger partial charge in [0.2, 0.25) is 0 Å². The third kappa shape index (κ3) is 4.40. The van der Waals surface area contributed by atoms with Gasteiger partial charge in [-0.2, -0.15) is 0 Å². The monoisotopic (exact) mass is 291 g/mol. The standard InChI is InChI=1S/C17H29N3O/c1-4-8-15(21-3)17-19-14(13-9-6-7-10-13)12-16(20-17)18-11-5-2/h12-13,15H,4-11H2,1-3H3,(H,18,19,20). The van der Waals surface area contributed by atoms with Crippen LogP contribution in [0, 0.1) is 0 Å². The van der Waals surface area contributed by atoms with Crippen molar-refractivity contribution in [2.45, 2.75) is 70.8 Å². The van der Waals surface area contributed by atoms with Crippen molar-refractivity contribution in [3.05, 3.63) is 17.6 Å². The molecule has 118 valence electrons. The minimum absolute atomic E-state index is 0.0125. The fraction of sp³-hybridized carbons (Fsp3) is 0.765. The third-order valence-electron chi connectivity index (χ3n) is 4.22. The van der Waals surface area contributed by atoms with Gasteiger partial charge in [-0.15, -0.1) is 0 Å². The van der Waals surface area contributed by atoms with Gasteiger partial charge in [-0.3, -0.25) is 0 Å². The summed E-state index contributed by atoms with van der Waals surface area (Å²) < 4.78 is 5.60. The van der Waals surface area contributed by atoms with Gasteiger partial charge in [0.15, 0.2) is 5.82 Å². The molecule has 1 fully saturated rings. The molecule has 1 unspecified atom stereocenters. The number of hydrogen-bond acceptors (Lipinski definition) is 4. The highest BCUT2D eigenvalue weighted by molar-refractivity contribution is 5.37. The molecule has 4 heteroatoms. The average Bonchev–Trinajstić information content (AvgIpc) is 3.04. The molecule has 1 aliphatic carbocycles. The lowest BCUT2D eigenvalue weighted by Crippen LogP contribution is -2.13. The van der Waals surface area contributed by atoms with Crippen LogP contribution in [0.4, 0.5) is 5.82 Å². The molecule has 1 saturated carbocycles. The Balaban J connectivity index is 2.26. The highest BCUT2D eigenvalue weighted by Gasteiger charge is 2.22. The summed E-state index contributed by atoms with van der Waals surface area (Å²) in [5, 5.41) is 3.41. The summed E-state index contributed by atoms with van der Waals surface area (Å²) in [6.45, 7) is 5.29. The van der Waals surface area contributed by atoms with Crippen LogP contribution >= 0.6 is 0 Å². The van der Waals surface area contributed by atoms with Gasteiger partial charge in [-0.25, -0.2) is 9.97 Å². The molecule has 1 aliphatic rings. The van der Waals surface area contributed by atoms with Gasteiger partial charge in [0, 0.05) is 31.3 Å². The Hall–Kier alpha value is -1.16. The molecule has 0 radical (unpaired) electrons. The summed E-state index contributed by atoms with van der Waals surface area (Å²) in [6.07, 6.45) is 8.32. The zero-order valence-electron chi connectivity index (χ0n) is 13.7. The molecule has 1 atom stereocenters. The van der Waals surface area contributed by atoms with Crippen LogP contribution in [0.1, 0.15) is 82.3 Å². The van der Waals surface area contributed by atoms with E-state index in [1.807, 2.05) is 0 Å². The van der Waals surface area contributed by atoms with E-state index in [0.717, 1.165) is 37.4 Å². The highest BCUT2D eigenvalue weighted by atomic mass is 16.5. The van der Waals surface area contributed by atoms with Crippen LogP contribution in [0.5, 0.6) is 0 Å². The van der Waals surface area contributed by atoms with Gasteiger partial charge in [0.05, 0.1) is 0 Å². The van der Waals surface area contributed by atoms with E-state index in [9.17, 15) is 0 Å². The van der Waals surface area contributed by atoms with E-state index in [1.165, 1.54) is 31.4 Å². The molecule has 2 rings (SSSR count). The second-order valence-corrected chi connectivity index (χ2v) is 5.96. The molecule has 0 aromatic carbocycles. The maximum atomic E-state index is 5.60. The topological polar surface area (TPSA) is 47.0 Å².